The van der Waals surface area contributed by atoms with Crippen molar-refractivity contribution >= 4 is 11.9 Å². The lowest BCUT2D eigenvalue weighted by molar-refractivity contribution is 0.379. The van der Waals surface area contributed by atoms with E-state index in [1.54, 1.807) is 0 Å². The quantitative estimate of drug-likeness (QED) is 0.337. The van der Waals surface area contributed by atoms with Gasteiger partial charge in [0.25, 0.3) is 0 Å². The molecule has 18 heavy (non-hydrogen) atoms. The van der Waals surface area contributed by atoms with E-state index in [0.29, 0.717) is 5.95 Å². The van der Waals surface area contributed by atoms with Crippen LogP contribution >= 0.6 is 0 Å². The van der Waals surface area contributed by atoms with E-state index in [1.165, 1.54) is 7.11 Å². The van der Waals surface area contributed by atoms with Crippen LogP contribution in [0.3, 0.4) is 0 Å². The van der Waals surface area contributed by atoms with Gasteiger partial charge in [0.2, 0.25) is 11.9 Å². The van der Waals surface area contributed by atoms with Crippen molar-refractivity contribution in [2.75, 3.05) is 45.0 Å². The number of ether oxygens (including phenoxy) is 1. The molecule has 1 aromatic rings. The fourth-order valence-electron chi connectivity index (χ4n) is 1.34. The highest BCUT2D eigenvalue weighted by molar-refractivity contribution is 5.34. The zero-order chi connectivity index (χ0) is 13.4. The zero-order valence-corrected chi connectivity index (χ0v) is 11.1. The summed E-state index contributed by atoms with van der Waals surface area (Å²) in [5.41, 5.74) is 2.37. The molecule has 102 valence electrons. The molecule has 0 aliphatic carbocycles. The number of nitrogens with one attached hydrogen (secondary N) is 2. The molecule has 0 saturated heterocycles. The highest BCUT2D eigenvalue weighted by atomic mass is 16.5. The minimum atomic E-state index is 0.230. The topological polar surface area (TPSA) is 101 Å². The fraction of sp³-hybridized carbons (Fsp3) is 0.700. The number of hydrogen-bond donors (Lipinski definition) is 3. The second-order valence-corrected chi connectivity index (χ2v) is 4.05. The molecule has 0 unspecified atom stereocenters. The second kappa shape index (κ2) is 7.62. The number of methoxy groups -OCH3 is 1. The number of anilines is 2. The van der Waals surface area contributed by atoms with Gasteiger partial charge in [-0.2, -0.15) is 15.0 Å². The van der Waals surface area contributed by atoms with Gasteiger partial charge in [-0.25, -0.2) is 5.84 Å². The first-order valence-electron chi connectivity index (χ1n) is 5.81. The number of nitrogens with two attached hydrogens (primary N) is 1. The molecule has 0 atom stereocenters. The Bertz CT molecular complexity index is 336. The third-order valence-electron chi connectivity index (χ3n) is 2.24. The van der Waals surface area contributed by atoms with E-state index in [9.17, 15) is 0 Å². The number of aromatic nitrogens is 3. The maximum absolute atomic E-state index is 5.26. The fourth-order valence-corrected chi connectivity index (χ4v) is 1.34. The Morgan fingerprint density at radius 1 is 1.17 bits per heavy atom. The molecular formula is C10H21N7O. The van der Waals surface area contributed by atoms with Gasteiger partial charge < -0.3 is 15.0 Å². The first kappa shape index (κ1) is 14.4. The van der Waals surface area contributed by atoms with Gasteiger partial charge in [0.1, 0.15) is 0 Å². The molecule has 8 heteroatoms. The van der Waals surface area contributed by atoms with E-state index < -0.39 is 0 Å². The van der Waals surface area contributed by atoms with Gasteiger partial charge in [0, 0.05) is 6.54 Å². The summed E-state index contributed by atoms with van der Waals surface area (Å²) < 4.78 is 4.95. The predicted octanol–water partition coefficient (Wildman–Crippen LogP) is -0.0805. The van der Waals surface area contributed by atoms with Crippen LogP contribution in [0.4, 0.5) is 11.9 Å². The molecule has 0 saturated carbocycles. The van der Waals surface area contributed by atoms with Crippen LogP contribution < -0.4 is 21.3 Å². The van der Waals surface area contributed by atoms with Crippen molar-refractivity contribution < 1.29 is 4.74 Å². The Labute approximate surface area is 107 Å². The molecule has 0 aliphatic rings. The van der Waals surface area contributed by atoms with E-state index in [4.69, 9.17) is 10.6 Å². The molecule has 1 heterocycles. The molecule has 0 radical (unpaired) electrons. The largest absolute Gasteiger partial charge is 0.467 e. The number of hydrogen-bond acceptors (Lipinski definition) is 8. The molecule has 0 fully saturated rings. The van der Waals surface area contributed by atoms with Crippen molar-refractivity contribution in [2.45, 2.75) is 12.8 Å². The van der Waals surface area contributed by atoms with Crippen LogP contribution in [-0.4, -0.2) is 54.1 Å². The van der Waals surface area contributed by atoms with Crippen molar-refractivity contribution in [3.05, 3.63) is 0 Å². The van der Waals surface area contributed by atoms with Crippen LogP contribution in [0.2, 0.25) is 0 Å². The SMILES string of the molecule is COc1nc(NN)nc(NCCCCN(C)C)n1. The second-order valence-electron chi connectivity index (χ2n) is 4.05. The molecule has 8 nitrogen and oxygen atoms in total. The van der Waals surface area contributed by atoms with E-state index in [2.05, 4.69) is 44.7 Å². The summed E-state index contributed by atoms with van der Waals surface area (Å²) in [5, 5.41) is 3.11. The summed E-state index contributed by atoms with van der Waals surface area (Å²) >= 11 is 0. The van der Waals surface area contributed by atoms with Crippen LogP contribution in [-0.2, 0) is 0 Å². The number of nitrogen functional groups attached to an aromatic ring is 1. The van der Waals surface area contributed by atoms with Crippen LogP contribution in [0.15, 0.2) is 0 Å². The Morgan fingerprint density at radius 2 is 1.89 bits per heavy atom. The van der Waals surface area contributed by atoms with Gasteiger partial charge in [-0.1, -0.05) is 0 Å². The molecule has 1 aromatic heterocycles. The molecule has 0 bridgehead atoms. The minimum absolute atomic E-state index is 0.230. The van der Waals surface area contributed by atoms with Crippen LogP contribution in [0, 0.1) is 0 Å². The highest BCUT2D eigenvalue weighted by Crippen LogP contribution is 2.09. The van der Waals surface area contributed by atoms with Crippen LogP contribution in [0.1, 0.15) is 12.8 Å². The van der Waals surface area contributed by atoms with Gasteiger partial charge >= 0.3 is 6.01 Å². The molecule has 0 amide bonds. The van der Waals surface area contributed by atoms with E-state index >= 15 is 0 Å². The Kier molecular flexibility index (Phi) is 6.09. The minimum Gasteiger partial charge on any atom is -0.467 e. The molecule has 1 rings (SSSR count). The third kappa shape index (κ3) is 5.11. The summed E-state index contributed by atoms with van der Waals surface area (Å²) in [5.74, 6) is 5.99. The molecule has 4 N–H and O–H groups in total. The van der Waals surface area contributed by atoms with Gasteiger partial charge in [-0.3, -0.25) is 5.43 Å². The highest BCUT2D eigenvalue weighted by Gasteiger charge is 2.04. The first-order chi connectivity index (χ1) is 8.65. The smallest absolute Gasteiger partial charge is 0.322 e. The van der Waals surface area contributed by atoms with E-state index in [-0.39, 0.29) is 12.0 Å². The monoisotopic (exact) mass is 255 g/mol. The van der Waals surface area contributed by atoms with Crippen LogP contribution in [0.5, 0.6) is 6.01 Å². The van der Waals surface area contributed by atoms with Gasteiger partial charge in [-0.05, 0) is 33.5 Å². The van der Waals surface area contributed by atoms with Gasteiger partial charge in [0.15, 0.2) is 0 Å². The maximum atomic E-state index is 5.26. The van der Waals surface area contributed by atoms with Crippen molar-refractivity contribution in [1.82, 2.24) is 19.9 Å². The Morgan fingerprint density at radius 3 is 2.50 bits per heavy atom. The summed E-state index contributed by atoms with van der Waals surface area (Å²) in [6.45, 7) is 1.86. The number of nitrogens with zero attached hydrogens (tertiary/aromatic N) is 4. The van der Waals surface area contributed by atoms with Gasteiger partial charge in [0.05, 0.1) is 7.11 Å². The number of unbranched alkanes of at least 4 members (excludes halogenated alkanes) is 1. The third-order valence-corrected chi connectivity index (χ3v) is 2.24. The summed E-state index contributed by atoms with van der Waals surface area (Å²) in [6, 6.07) is 0.230. The first-order valence-corrected chi connectivity index (χ1v) is 5.81. The number of hydrazine groups is 1. The lowest BCUT2D eigenvalue weighted by atomic mass is 10.3. The standard InChI is InChI=1S/C10H21N7O/c1-17(2)7-5-4-6-12-8-13-9(16-11)15-10(14-8)18-3/h4-7,11H2,1-3H3,(H2,12,13,14,15,16). The molecular weight excluding hydrogens is 234 g/mol. The average Bonchev–Trinajstić information content (AvgIpc) is 2.37. The van der Waals surface area contributed by atoms with Crippen molar-refractivity contribution in [1.29, 1.82) is 0 Å². The predicted molar refractivity (Wildman–Crippen MR) is 70.5 cm³/mol. The number of rotatable bonds is 8. The molecule has 0 aliphatic heterocycles. The van der Waals surface area contributed by atoms with Crippen molar-refractivity contribution in [3.63, 3.8) is 0 Å². The Balaban J connectivity index is 2.41. The van der Waals surface area contributed by atoms with E-state index in [1.807, 2.05) is 0 Å². The molecule has 0 spiro atoms. The lowest BCUT2D eigenvalue weighted by Crippen LogP contribution is -2.16. The normalized spacial score (nSPS) is 10.5. The van der Waals surface area contributed by atoms with E-state index in [0.717, 1.165) is 25.9 Å². The Hall–Kier alpha value is -1.67. The summed E-state index contributed by atoms with van der Waals surface area (Å²) in [4.78, 5) is 14.2. The molecule has 0 aromatic carbocycles. The zero-order valence-electron chi connectivity index (χ0n) is 11.1. The maximum Gasteiger partial charge on any atom is 0.322 e. The van der Waals surface area contributed by atoms with Gasteiger partial charge in [-0.15, -0.1) is 0 Å². The lowest BCUT2D eigenvalue weighted by Gasteiger charge is -2.10. The summed E-state index contributed by atoms with van der Waals surface area (Å²) in [6.07, 6.45) is 2.15. The average molecular weight is 255 g/mol. The van der Waals surface area contributed by atoms with Crippen molar-refractivity contribution in [2.24, 2.45) is 5.84 Å². The summed E-state index contributed by atoms with van der Waals surface area (Å²) in [7, 11) is 5.61. The van der Waals surface area contributed by atoms with Crippen LogP contribution in [0.25, 0.3) is 0 Å². The van der Waals surface area contributed by atoms with Crippen molar-refractivity contribution in [3.8, 4) is 6.01 Å².